The van der Waals surface area contributed by atoms with Crippen LogP contribution in [-0.4, -0.2) is 41.0 Å². The van der Waals surface area contributed by atoms with Gasteiger partial charge in [-0.2, -0.15) is 0 Å². The van der Waals surface area contributed by atoms with Crippen LogP contribution in [0.5, 0.6) is 0 Å². The van der Waals surface area contributed by atoms with Gasteiger partial charge in [-0.25, -0.2) is 15.2 Å². The zero-order chi connectivity index (χ0) is 21.8. The second-order valence-corrected chi connectivity index (χ2v) is 7.10. The molecule has 0 bridgehead atoms. The lowest BCUT2D eigenvalue weighted by atomic mass is 9.98. The lowest BCUT2D eigenvalue weighted by molar-refractivity contribution is 0.102. The third kappa shape index (κ3) is 4.87. The summed E-state index contributed by atoms with van der Waals surface area (Å²) in [7, 11) is 1.51. The maximum Gasteiger partial charge on any atom is 0.259 e. The number of nitrogens with one attached hydrogen (secondary N) is 2. The van der Waals surface area contributed by atoms with E-state index in [0.29, 0.717) is 22.7 Å². The Morgan fingerprint density at radius 1 is 1.37 bits per heavy atom. The van der Waals surface area contributed by atoms with Crippen molar-refractivity contribution in [2.45, 2.75) is 25.8 Å². The number of hydrazine groups is 1. The van der Waals surface area contributed by atoms with Gasteiger partial charge in [0.1, 0.15) is 17.3 Å². The average Bonchev–Trinajstić information content (AvgIpc) is 3.53. The number of rotatable bonds is 6. The van der Waals surface area contributed by atoms with Crippen molar-refractivity contribution in [2.75, 3.05) is 12.4 Å². The minimum atomic E-state index is -0.665. The number of nitrogens with zero attached hydrogens (tertiary/aromatic N) is 3. The van der Waals surface area contributed by atoms with E-state index in [1.165, 1.54) is 25.4 Å². The predicted molar refractivity (Wildman–Crippen MR) is 116 cm³/mol. The van der Waals surface area contributed by atoms with E-state index in [-0.39, 0.29) is 22.9 Å². The summed E-state index contributed by atoms with van der Waals surface area (Å²) in [5, 5.41) is 11.6. The molecule has 6 N–H and O–H groups in total. The first-order valence-corrected chi connectivity index (χ1v) is 9.41. The Morgan fingerprint density at radius 3 is 2.73 bits per heavy atom. The number of halogens is 1. The van der Waals surface area contributed by atoms with Crippen LogP contribution in [0.2, 0.25) is 0 Å². The molecule has 156 valence electrons. The maximum atomic E-state index is 14.6. The number of amidine groups is 1. The molecule has 0 unspecified atom stereocenters. The van der Waals surface area contributed by atoms with Crippen LogP contribution in [0.1, 0.15) is 40.0 Å². The third-order valence-corrected chi connectivity index (χ3v) is 4.61. The van der Waals surface area contributed by atoms with Gasteiger partial charge in [-0.1, -0.05) is 6.07 Å². The van der Waals surface area contributed by atoms with Crippen LogP contribution < -0.4 is 16.9 Å². The molecular formula is C21H24FN7O. The molecule has 0 spiro atoms. The first kappa shape index (κ1) is 21.1. The first-order chi connectivity index (χ1) is 14.3. The summed E-state index contributed by atoms with van der Waals surface area (Å²) in [5.41, 5.74) is 7.76. The molecule has 0 saturated heterocycles. The van der Waals surface area contributed by atoms with Gasteiger partial charge in [0.2, 0.25) is 0 Å². The number of aromatic nitrogens is 1. The van der Waals surface area contributed by atoms with E-state index in [2.05, 4.69) is 15.3 Å². The molecule has 1 aliphatic carbocycles. The summed E-state index contributed by atoms with van der Waals surface area (Å²) < 4.78 is 14.6. The highest BCUT2D eigenvalue weighted by atomic mass is 19.1. The van der Waals surface area contributed by atoms with Gasteiger partial charge in [0.25, 0.3) is 5.91 Å². The highest BCUT2D eigenvalue weighted by Gasteiger charge is 2.20. The van der Waals surface area contributed by atoms with Gasteiger partial charge in [-0.15, -0.1) is 0 Å². The van der Waals surface area contributed by atoms with E-state index in [1.54, 1.807) is 31.3 Å². The van der Waals surface area contributed by atoms with E-state index < -0.39 is 11.7 Å². The molecule has 0 radical (unpaired) electrons. The lowest BCUT2D eigenvalue weighted by Gasteiger charge is -2.14. The highest BCUT2D eigenvalue weighted by molar-refractivity contribution is 6.12. The third-order valence-electron chi connectivity index (χ3n) is 4.61. The predicted octanol–water partition coefficient (Wildman–Crippen LogP) is 2.45. The van der Waals surface area contributed by atoms with Crippen molar-refractivity contribution in [3.8, 4) is 0 Å². The largest absolute Gasteiger partial charge is 0.404 e. The van der Waals surface area contributed by atoms with Gasteiger partial charge in [0.15, 0.2) is 5.84 Å². The highest BCUT2D eigenvalue weighted by Crippen LogP contribution is 2.26. The van der Waals surface area contributed by atoms with Gasteiger partial charge in [-0.3, -0.25) is 20.2 Å². The average molecular weight is 409 g/mol. The molecule has 0 atom stereocenters. The summed E-state index contributed by atoms with van der Waals surface area (Å²) in [4.78, 5) is 21.3. The Hall–Kier alpha value is -3.59. The minimum Gasteiger partial charge on any atom is -0.404 e. The van der Waals surface area contributed by atoms with Crippen molar-refractivity contribution in [1.82, 2.24) is 9.99 Å². The Labute approximate surface area is 174 Å². The van der Waals surface area contributed by atoms with Crippen molar-refractivity contribution in [3.63, 3.8) is 0 Å². The smallest absolute Gasteiger partial charge is 0.259 e. The molecule has 9 heteroatoms. The molecular weight excluding hydrogens is 385 g/mol. The number of hydrogen-bond donors (Lipinski definition) is 4. The normalized spacial score (nSPS) is 14.1. The van der Waals surface area contributed by atoms with Crippen molar-refractivity contribution >= 4 is 29.3 Å². The molecule has 1 fully saturated rings. The molecule has 2 aromatic rings. The van der Waals surface area contributed by atoms with E-state index >= 15 is 0 Å². The van der Waals surface area contributed by atoms with Gasteiger partial charge in [0.05, 0.1) is 11.6 Å². The van der Waals surface area contributed by atoms with E-state index in [1.807, 2.05) is 0 Å². The number of nitrogens with two attached hydrogens (primary N) is 2. The van der Waals surface area contributed by atoms with Gasteiger partial charge < -0.3 is 11.1 Å². The van der Waals surface area contributed by atoms with Crippen LogP contribution in [0.4, 0.5) is 10.2 Å². The fourth-order valence-electron chi connectivity index (χ4n) is 2.77. The molecule has 1 aliphatic rings. The zero-order valence-corrected chi connectivity index (χ0v) is 16.8. The van der Waals surface area contributed by atoms with Crippen LogP contribution in [0.3, 0.4) is 0 Å². The number of aryl methyl sites for hydroxylation is 1. The topological polar surface area (TPSA) is 133 Å². The zero-order valence-electron chi connectivity index (χ0n) is 16.8. The first-order valence-electron chi connectivity index (χ1n) is 9.41. The molecule has 30 heavy (non-hydrogen) atoms. The van der Waals surface area contributed by atoms with E-state index in [9.17, 15) is 9.18 Å². The number of amides is 1. The SMILES string of the molecule is Cc1cc(F)c(C(=O)Nc2cccc(C(=N)N(C)N)n2)cc1/C(C=NC1CC1)=C/N. The molecule has 1 aromatic carbocycles. The van der Waals surface area contributed by atoms with Crippen LogP contribution in [-0.2, 0) is 0 Å². The summed E-state index contributed by atoms with van der Waals surface area (Å²) in [6.45, 7) is 1.74. The van der Waals surface area contributed by atoms with Crippen molar-refractivity contribution < 1.29 is 9.18 Å². The number of allylic oxidation sites excluding steroid dienone is 1. The number of benzene rings is 1. The number of anilines is 1. The second-order valence-electron chi connectivity index (χ2n) is 7.10. The van der Waals surface area contributed by atoms with Crippen LogP contribution in [0.15, 0.2) is 41.5 Å². The molecule has 1 amide bonds. The summed E-state index contributed by atoms with van der Waals surface area (Å²) in [6.07, 6.45) is 5.16. The molecule has 1 heterocycles. The van der Waals surface area contributed by atoms with Crippen molar-refractivity contribution in [1.29, 1.82) is 5.41 Å². The fourth-order valence-corrected chi connectivity index (χ4v) is 2.77. The molecule has 3 rings (SSSR count). The Bertz CT molecular complexity index is 1040. The van der Waals surface area contributed by atoms with E-state index in [0.717, 1.165) is 17.9 Å². The lowest BCUT2D eigenvalue weighted by Crippen LogP contribution is -2.33. The molecule has 0 aliphatic heterocycles. The molecule has 1 aromatic heterocycles. The maximum absolute atomic E-state index is 14.6. The van der Waals surface area contributed by atoms with Crippen molar-refractivity contribution in [2.24, 2.45) is 16.6 Å². The second kappa shape index (κ2) is 8.83. The number of hydrogen-bond acceptors (Lipinski definition) is 6. The molecule has 1 saturated carbocycles. The summed E-state index contributed by atoms with van der Waals surface area (Å²) >= 11 is 0. The molecule has 8 nitrogen and oxygen atoms in total. The Balaban J connectivity index is 1.87. The van der Waals surface area contributed by atoms with E-state index in [4.69, 9.17) is 17.0 Å². The van der Waals surface area contributed by atoms with Gasteiger partial charge >= 0.3 is 0 Å². The summed E-state index contributed by atoms with van der Waals surface area (Å²) in [6, 6.07) is 7.82. The van der Waals surface area contributed by atoms with Crippen molar-refractivity contribution in [3.05, 3.63) is 64.7 Å². The Kier molecular flexibility index (Phi) is 6.22. The van der Waals surface area contributed by atoms with Gasteiger partial charge in [-0.05, 0) is 55.2 Å². The fraction of sp³-hybridized carbons (Fsp3) is 0.238. The van der Waals surface area contributed by atoms with Crippen LogP contribution in [0.25, 0.3) is 5.57 Å². The monoisotopic (exact) mass is 409 g/mol. The summed E-state index contributed by atoms with van der Waals surface area (Å²) in [5.74, 6) is 4.38. The number of carbonyl (C=O) groups excluding carboxylic acids is 1. The Morgan fingerprint density at radius 2 is 2.10 bits per heavy atom. The minimum absolute atomic E-state index is 0.0254. The number of pyridine rings is 1. The number of aliphatic imine (C=N–C) groups is 1. The van der Waals surface area contributed by atoms with Crippen LogP contribution >= 0.6 is 0 Å². The number of carbonyl (C=O) groups is 1. The van der Waals surface area contributed by atoms with Crippen LogP contribution in [0, 0.1) is 18.2 Å². The van der Waals surface area contributed by atoms with Gasteiger partial charge in [0, 0.05) is 25.0 Å². The standard InChI is InChI=1S/C21H24FN7O/c1-12-8-17(22)16(9-15(12)13(10-23)11-26-14-6-7-14)21(30)28-19-5-3-4-18(27-19)20(24)29(2)25/h3-5,8-11,14,24H,6-7,23,25H2,1-2H3,(H,27,28,30)/b13-10+,24-20?,26-11?. The quantitative estimate of drug-likeness (QED) is 0.252.